The summed E-state index contributed by atoms with van der Waals surface area (Å²) in [6, 6.07) is 20.3. The van der Waals surface area contributed by atoms with E-state index in [0.717, 1.165) is 30.3 Å². The van der Waals surface area contributed by atoms with Crippen molar-refractivity contribution in [2.45, 2.75) is 45.6 Å². The van der Waals surface area contributed by atoms with E-state index in [0.29, 0.717) is 12.2 Å². The van der Waals surface area contributed by atoms with E-state index in [2.05, 4.69) is 47.5 Å². The van der Waals surface area contributed by atoms with Gasteiger partial charge in [-0.25, -0.2) is 0 Å². The molecule has 5 heteroatoms. The average molecular weight is 449 g/mol. The first-order valence-corrected chi connectivity index (χ1v) is 12.5. The van der Waals surface area contributed by atoms with E-state index in [1.165, 1.54) is 35.3 Å². The highest BCUT2D eigenvalue weighted by Crippen LogP contribution is 2.41. The van der Waals surface area contributed by atoms with Crippen LogP contribution in [-0.4, -0.2) is 30.5 Å². The molecule has 1 fully saturated rings. The second-order valence-corrected chi connectivity index (χ2v) is 9.31. The number of aryl methyl sites for hydroxylation is 1. The van der Waals surface area contributed by atoms with Gasteiger partial charge in [0.05, 0.1) is 12.6 Å². The first-order chi connectivity index (χ1) is 15.7. The quantitative estimate of drug-likeness (QED) is 0.425. The molecule has 0 spiro atoms. The Morgan fingerprint density at radius 1 is 1.03 bits per heavy atom. The van der Waals surface area contributed by atoms with Crippen molar-refractivity contribution < 1.29 is 9.53 Å². The van der Waals surface area contributed by atoms with Crippen LogP contribution in [0.2, 0.25) is 0 Å². The highest BCUT2D eigenvalue weighted by Gasteiger charge is 2.28. The summed E-state index contributed by atoms with van der Waals surface area (Å²) in [7, 11) is 0. The fourth-order valence-corrected chi connectivity index (χ4v) is 5.40. The summed E-state index contributed by atoms with van der Waals surface area (Å²) >= 11 is 1.70. The third-order valence-electron chi connectivity index (χ3n) is 5.98. The van der Waals surface area contributed by atoms with E-state index < -0.39 is 0 Å². The normalized spacial score (nSPS) is 15.3. The monoisotopic (exact) mass is 448 g/mol. The Balaban J connectivity index is 1.71. The number of hydrogen-bond acceptors (Lipinski definition) is 4. The molecule has 0 saturated carbocycles. The van der Waals surface area contributed by atoms with Gasteiger partial charge in [0.25, 0.3) is 5.91 Å². The van der Waals surface area contributed by atoms with Crippen LogP contribution in [0.3, 0.4) is 0 Å². The molecule has 1 aliphatic heterocycles. The third kappa shape index (κ3) is 5.22. The molecule has 3 aromatic rings. The fraction of sp³-hybridized carbons (Fsp3) is 0.370. The van der Waals surface area contributed by atoms with Gasteiger partial charge >= 0.3 is 0 Å². The van der Waals surface area contributed by atoms with Crippen molar-refractivity contribution in [3.05, 3.63) is 82.2 Å². The summed E-state index contributed by atoms with van der Waals surface area (Å²) in [4.78, 5) is 16.8. The third-order valence-corrected chi connectivity index (χ3v) is 7.19. The van der Waals surface area contributed by atoms with Gasteiger partial charge in [-0.1, -0.05) is 43.7 Å². The van der Waals surface area contributed by atoms with Gasteiger partial charge in [0, 0.05) is 16.0 Å². The summed E-state index contributed by atoms with van der Waals surface area (Å²) in [5.74, 6) is 0.839. The van der Waals surface area contributed by atoms with Gasteiger partial charge in [-0.2, -0.15) is 0 Å². The lowest BCUT2D eigenvalue weighted by Gasteiger charge is -2.35. The van der Waals surface area contributed by atoms with Gasteiger partial charge in [0.1, 0.15) is 10.8 Å². The number of thiophene rings is 1. The number of carbonyl (C=O) groups is 1. The van der Waals surface area contributed by atoms with E-state index in [-0.39, 0.29) is 11.9 Å². The lowest BCUT2D eigenvalue weighted by Crippen LogP contribution is -2.34. The van der Waals surface area contributed by atoms with Gasteiger partial charge in [-0.05, 0) is 75.2 Å². The minimum atomic E-state index is -0.0551. The van der Waals surface area contributed by atoms with Crippen molar-refractivity contribution in [1.82, 2.24) is 4.90 Å². The molecule has 168 valence electrons. The van der Waals surface area contributed by atoms with Crippen LogP contribution < -0.4 is 10.1 Å². The number of piperidine rings is 1. The van der Waals surface area contributed by atoms with Crippen molar-refractivity contribution in [3.63, 3.8) is 0 Å². The Labute approximate surface area is 195 Å². The van der Waals surface area contributed by atoms with Gasteiger partial charge < -0.3 is 10.1 Å². The van der Waals surface area contributed by atoms with Crippen LogP contribution in [0.4, 0.5) is 5.00 Å². The molecule has 1 aliphatic rings. The summed E-state index contributed by atoms with van der Waals surface area (Å²) in [5.41, 5.74) is 3.12. The zero-order valence-electron chi connectivity index (χ0n) is 19.0. The van der Waals surface area contributed by atoms with E-state index >= 15 is 0 Å². The lowest BCUT2D eigenvalue weighted by molar-refractivity contribution is 0.102. The number of nitrogens with one attached hydrogen (secondary N) is 1. The molecule has 1 saturated heterocycles. The molecule has 1 aromatic heterocycles. The SMILES string of the molecule is CCOc1ccc([C@@H](c2cc(CC)sc2NC(=O)c2ccccc2)N2CCCCC2)cc1. The number of likely N-dealkylation sites (tertiary alicyclic amines) is 1. The first-order valence-electron chi connectivity index (χ1n) is 11.7. The molecular formula is C27H32N2O2S. The summed E-state index contributed by atoms with van der Waals surface area (Å²) < 4.78 is 5.67. The number of anilines is 1. The maximum atomic E-state index is 13.0. The highest BCUT2D eigenvalue weighted by atomic mass is 32.1. The largest absolute Gasteiger partial charge is 0.494 e. The number of hydrogen-bond donors (Lipinski definition) is 1. The minimum absolute atomic E-state index is 0.0551. The van der Waals surface area contributed by atoms with Crippen LogP contribution in [0.15, 0.2) is 60.7 Å². The Morgan fingerprint density at radius 3 is 2.41 bits per heavy atom. The Bertz CT molecular complexity index is 1010. The van der Waals surface area contributed by atoms with Gasteiger partial charge in [-0.3, -0.25) is 9.69 Å². The molecule has 1 N–H and O–H groups in total. The minimum Gasteiger partial charge on any atom is -0.494 e. The molecule has 0 unspecified atom stereocenters. The maximum Gasteiger partial charge on any atom is 0.256 e. The second-order valence-electron chi connectivity index (χ2n) is 8.17. The number of amides is 1. The van der Waals surface area contributed by atoms with Crippen molar-refractivity contribution in [2.75, 3.05) is 25.0 Å². The maximum absolute atomic E-state index is 13.0. The summed E-state index contributed by atoms with van der Waals surface area (Å²) in [6.07, 6.45) is 4.66. The van der Waals surface area contributed by atoms with Crippen molar-refractivity contribution >= 4 is 22.2 Å². The van der Waals surface area contributed by atoms with Crippen LogP contribution >= 0.6 is 11.3 Å². The zero-order chi connectivity index (χ0) is 22.3. The van der Waals surface area contributed by atoms with E-state index in [1.54, 1.807) is 11.3 Å². The molecule has 32 heavy (non-hydrogen) atoms. The standard InChI is InChI=1S/C27H32N2O2S/c1-3-23-19-24(27(32-23)28-26(30)21-11-7-5-8-12-21)25(29-17-9-6-10-18-29)20-13-15-22(16-14-20)31-4-2/h5,7-8,11-16,19,25H,3-4,6,9-10,17-18H2,1-2H3,(H,28,30)/t25-/m0/s1. The van der Waals surface area contributed by atoms with Gasteiger partial charge in [0.2, 0.25) is 0 Å². The van der Waals surface area contributed by atoms with Crippen LogP contribution in [0, 0.1) is 0 Å². The predicted octanol–water partition coefficient (Wildman–Crippen LogP) is 6.54. The molecule has 4 nitrogen and oxygen atoms in total. The molecule has 2 aromatic carbocycles. The zero-order valence-corrected chi connectivity index (χ0v) is 19.8. The molecule has 0 bridgehead atoms. The van der Waals surface area contributed by atoms with Crippen molar-refractivity contribution in [3.8, 4) is 5.75 Å². The average Bonchev–Trinajstić information content (AvgIpc) is 3.24. The second kappa shape index (κ2) is 10.8. The molecule has 4 rings (SSSR count). The van der Waals surface area contributed by atoms with E-state index in [9.17, 15) is 4.79 Å². The van der Waals surface area contributed by atoms with E-state index in [4.69, 9.17) is 4.74 Å². The summed E-state index contributed by atoms with van der Waals surface area (Å²) in [6.45, 7) is 6.98. The Morgan fingerprint density at radius 2 is 1.75 bits per heavy atom. The molecule has 2 heterocycles. The molecule has 0 radical (unpaired) electrons. The van der Waals surface area contributed by atoms with E-state index in [1.807, 2.05) is 37.3 Å². The summed E-state index contributed by atoms with van der Waals surface area (Å²) in [5, 5.41) is 4.19. The van der Waals surface area contributed by atoms with Crippen LogP contribution in [0.5, 0.6) is 5.75 Å². The fourth-order valence-electron chi connectivity index (χ4n) is 4.37. The van der Waals surface area contributed by atoms with Crippen molar-refractivity contribution in [1.29, 1.82) is 0 Å². The van der Waals surface area contributed by atoms with Crippen molar-refractivity contribution in [2.24, 2.45) is 0 Å². The Kier molecular flexibility index (Phi) is 7.61. The highest BCUT2D eigenvalue weighted by molar-refractivity contribution is 7.16. The first kappa shape index (κ1) is 22.6. The number of nitrogens with zero attached hydrogens (tertiary/aromatic N) is 1. The topological polar surface area (TPSA) is 41.6 Å². The number of benzene rings is 2. The van der Waals surface area contributed by atoms with Crippen LogP contribution in [0.1, 0.15) is 65.5 Å². The van der Waals surface area contributed by atoms with Crippen LogP contribution in [-0.2, 0) is 6.42 Å². The van der Waals surface area contributed by atoms with Gasteiger partial charge in [0.15, 0.2) is 0 Å². The Hall–Kier alpha value is -2.63. The van der Waals surface area contributed by atoms with Gasteiger partial charge in [-0.15, -0.1) is 11.3 Å². The predicted molar refractivity (Wildman–Crippen MR) is 133 cm³/mol. The lowest BCUT2D eigenvalue weighted by atomic mass is 9.95. The number of carbonyl (C=O) groups excluding carboxylic acids is 1. The molecular weight excluding hydrogens is 416 g/mol. The molecule has 1 atom stereocenters. The molecule has 1 amide bonds. The van der Waals surface area contributed by atoms with Crippen LogP contribution in [0.25, 0.3) is 0 Å². The number of ether oxygens (including phenoxy) is 1. The molecule has 0 aliphatic carbocycles. The number of rotatable bonds is 8. The smallest absolute Gasteiger partial charge is 0.256 e.